The largest absolute Gasteiger partial charge is 0.444 e. The number of benzene rings is 1. The number of amides is 3. The lowest BCUT2D eigenvalue weighted by atomic mass is 9.88. The summed E-state index contributed by atoms with van der Waals surface area (Å²) in [5, 5.41) is 16.5. The molecular formula is C25H33F4N3O5. The maximum absolute atomic E-state index is 14.9. The molecule has 3 amide bonds. The Morgan fingerprint density at radius 2 is 1.65 bits per heavy atom. The van der Waals surface area contributed by atoms with Crippen molar-refractivity contribution >= 4 is 23.6 Å². The first-order chi connectivity index (χ1) is 17.2. The molecule has 0 bridgehead atoms. The van der Waals surface area contributed by atoms with Gasteiger partial charge in [-0.15, -0.1) is 0 Å². The Balaban J connectivity index is 1.77. The molecule has 1 aromatic rings. The van der Waals surface area contributed by atoms with Gasteiger partial charge in [-0.05, 0) is 87.5 Å². The highest BCUT2D eigenvalue weighted by Crippen LogP contribution is 2.51. The normalized spacial score (nSPS) is 16.8. The van der Waals surface area contributed by atoms with E-state index in [4.69, 9.17) is 4.74 Å². The number of anilines is 1. The zero-order valence-corrected chi connectivity index (χ0v) is 21.0. The topological polar surface area (TPSA) is 117 Å². The molecule has 2 saturated carbocycles. The minimum atomic E-state index is -4.60. The molecule has 12 heteroatoms. The highest BCUT2D eigenvalue weighted by molar-refractivity contribution is 5.97. The van der Waals surface area contributed by atoms with Crippen LogP contribution in [-0.2, 0) is 27.4 Å². The second-order valence-corrected chi connectivity index (χ2v) is 10.7. The lowest BCUT2D eigenvalue weighted by Gasteiger charge is -2.29. The van der Waals surface area contributed by atoms with Crippen LogP contribution in [0.25, 0.3) is 0 Å². The van der Waals surface area contributed by atoms with Crippen molar-refractivity contribution in [2.24, 2.45) is 17.8 Å². The molecule has 0 heterocycles. The number of alkyl halides is 3. The van der Waals surface area contributed by atoms with Crippen molar-refractivity contribution in [2.75, 3.05) is 11.9 Å². The van der Waals surface area contributed by atoms with Gasteiger partial charge < -0.3 is 25.8 Å². The van der Waals surface area contributed by atoms with E-state index in [1.54, 1.807) is 26.1 Å². The average Bonchev–Trinajstić information content (AvgIpc) is 3.67. The minimum absolute atomic E-state index is 0.0186. The van der Waals surface area contributed by atoms with Gasteiger partial charge in [-0.25, -0.2) is 9.18 Å². The van der Waals surface area contributed by atoms with E-state index in [2.05, 4.69) is 10.6 Å². The molecule has 206 valence electrons. The fourth-order valence-electron chi connectivity index (χ4n) is 4.37. The van der Waals surface area contributed by atoms with Crippen LogP contribution in [0.3, 0.4) is 0 Å². The molecule has 2 aliphatic carbocycles. The van der Waals surface area contributed by atoms with Gasteiger partial charge in [-0.1, -0.05) is 0 Å². The van der Waals surface area contributed by atoms with Gasteiger partial charge >= 0.3 is 12.3 Å². The molecule has 1 unspecified atom stereocenters. The Kier molecular flexibility index (Phi) is 8.71. The third-order valence-electron chi connectivity index (χ3n) is 6.23. The molecule has 2 fully saturated rings. The molecule has 4 N–H and O–H groups in total. The Bertz CT molecular complexity index is 1000. The van der Waals surface area contributed by atoms with Crippen LogP contribution in [0.1, 0.15) is 57.6 Å². The molecule has 3 rings (SSSR count). The van der Waals surface area contributed by atoms with E-state index in [1.807, 2.05) is 0 Å². The summed E-state index contributed by atoms with van der Waals surface area (Å²) in [6.45, 7) is 2.90. The molecule has 0 radical (unpaired) electrons. The summed E-state index contributed by atoms with van der Waals surface area (Å²) in [6, 6.07) is 1.05. The van der Waals surface area contributed by atoms with E-state index in [9.17, 15) is 37.1 Å². The predicted molar refractivity (Wildman–Crippen MR) is 126 cm³/mol. The van der Waals surface area contributed by atoms with E-state index in [0.717, 1.165) is 37.8 Å². The second kappa shape index (κ2) is 11.2. The average molecular weight is 532 g/mol. The summed E-state index contributed by atoms with van der Waals surface area (Å²) in [7, 11) is 0. The lowest BCUT2D eigenvalue weighted by Crippen LogP contribution is -2.51. The van der Waals surface area contributed by atoms with Gasteiger partial charge in [0.25, 0.3) is 0 Å². The van der Waals surface area contributed by atoms with Crippen molar-refractivity contribution < 1.29 is 41.8 Å². The van der Waals surface area contributed by atoms with Crippen LogP contribution in [0.4, 0.5) is 28.0 Å². The molecule has 8 nitrogen and oxygen atoms in total. The fraction of sp³-hybridized carbons (Fsp3) is 0.640. The number of halogens is 4. The molecule has 0 aliphatic heterocycles. The van der Waals surface area contributed by atoms with E-state index in [-0.39, 0.29) is 34.6 Å². The minimum Gasteiger partial charge on any atom is -0.444 e. The van der Waals surface area contributed by atoms with Gasteiger partial charge in [0.15, 0.2) is 0 Å². The third kappa shape index (κ3) is 8.87. The summed E-state index contributed by atoms with van der Waals surface area (Å²) >= 11 is 0. The Hall–Kier alpha value is -2.89. The quantitative estimate of drug-likeness (QED) is 0.343. The van der Waals surface area contributed by atoms with Crippen molar-refractivity contribution in [3.8, 4) is 0 Å². The van der Waals surface area contributed by atoms with Crippen LogP contribution in [0.15, 0.2) is 12.1 Å². The number of aliphatic hydroxyl groups is 1. The van der Waals surface area contributed by atoms with Gasteiger partial charge in [-0.3, -0.25) is 9.59 Å². The standard InChI is InChI=1S/C25H33F4N3O5/c1-24(2,3)37-23(36)32-21(20(13-4-5-13)14-6-7-14)22(35)31-18-9-16(11-33)15(8-17(18)26)10-19(34)30-12-25(27,28)29/h8-9,13-14,20-21,33H,4-7,10-12H2,1-3H3,(H,30,34)(H,31,35)(H,32,36). The summed E-state index contributed by atoms with van der Waals surface area (Å²) in [5.74, 6) is -2.20. The summed E-state index contributed by atoms with van der Waals surface area (Å²) in [5.41, 5.74) is -1.02. The van der Waals surface area contributed by atoms with E-state index < -0.39 is 61.1 Å². The summed E-state index contributed by atoms with van der Waals surface area (Å²) in [4.78, 5) is 37.7. The number of carbonyl (C=O) groups excluding carboxylic acids is 3. The first-order valence-electron chi connectivity index (χ1n) is 12.2. The van der Waals surface area contributed by atoms with E-state index in [0.29, 0.717) is 0 Å². The number of nitrogens with one attached hydrogen (secondary N) is 3. The van der Waals surface area contributed by atoms with Crippen LogP contribution in [0.5, 0.6) is 0 Å². The highest BCUT2D eigenvalue weighted by Gasteiger charge is 2.48. The molecule has 1 aromatic carbocycles. The number of rotatable bonds is 10. The van der Waals surface area contributed by atoms with Crippen molar-refractivity contribution in [1.82, 2.24) is 10.6 Å². The van der Waals surface area contributed by atoms with E-state index in [1.165, 1.54) is 0 Å². The van der Waals surface area contributed by atoms with Crippen molar-refractivity contribution in [2.45, 2.75) is 77.3 Å². The SMILES string of the molecule is CC(C)(C)OC(=O)NC(C(=O)Nc1cc(CO)c(CC(=O)NCC(F)(F)F)cc1F)C(C1CC1)C1CC1. The Labute approximate surface area is 212 Å². The number of alkyl carbamates (subject to hydrolysis) is 1. The first-order valence-corrected chi connectivity index (χ1v) is 12.2. The lowest BCUT2D eigenvalue weighted by molar-refractivity contribution is -0.138. The Morgan fingerprint density at radius 1 is 1.05 bits per heavy atom. The van der Waals surface area contributed by atoms with Gasteiger partial charge in [0.05, 0.1) is 18.7 Å². The molecule has 37 heavy (non-hydrogen) atoms. The van der Waals surface area contributed by atoms with Crippen LogP contribution < -0.4 is 16.0 Å². The second-order valence-electron chi connectivity index (χ2n) is 10.7. The summed E-state index contributed by atoms with van der Waals surface area (Å²) in [6.07, 6.45) is -2.26. The van der Waals surface area contributed by atoms with Gasteiger partial charge in [-0.2, -0.15) is 13.2 Å². The zero-order chi connectivity index (χ0) is 27.5. The monoisotopic (exact) mass is 531 g/mol. The van der Waals surface area contributed by atoms with Gasteiger partial charge in [0.2, 0.25) is 11.8 Å². The van der Waals surface area contributed by atoms with Crippen molar-refractivity contribution in [3.63, 3.8) is 0 Å². The molecule has 0 spiro atoms. The maximum Gasteiger partial charge on any atom is 0.408 e. The number of hydrogen-bond donors (Lipinski definition) is 4. The van der Waals surface area contributed by atoms with Crippen LogP contribution in [0, 0.1) is 23.6 Å². The van der Waals surface area contributed by atoms with Crippen molar-refractivity contribution in [3.05, 3.63) is 29.1 Å². The number of aliphatic hydroxyl groups excluding tert-OH is 1. The molecule has 2 aliphatic rings. The molecule has 0 aromatic heterocycles. The molecule has 1 atom stereocenters. The molecule has 0 saturated heterocycles. The maximum atomic E-state index is 14.9. The predicted octanol–water partition coefficient (Wildman–Crippen LogP) is 3.81. The Morgan fingerprint density at radius 3 is 2.14 bits per heavy atom. The van der Waals surface area contributed by atoms with Crippen LogP contribution in [-0.4, -0.2) is 47.4 Å². The number of hydrogen-bond acceptors (Lipinski definition) is 5. The highest BCUT2D eigenvalue weighted by atomic mass is 19.4. The third-order valence-corrected chi connectivity index (χ3v) is 6.23. The van der Waals surface area contributed by atoms with Crippen LogP contribution >= 0.6 is 0 Å². The van der Waals surface area contributed by atoms with E-state index >= 15 is 0 Å². The summed E-state index contributed by atoms with van der Waals surface area (Å²) < 4.78 is 57.3. The number of carbonyl (C=O) groups is 3. The number of ether oxygens (including phenoxy) is 1. The van der Waals surface area contributed by atoms with Gasteiger partial charge in [0.1, 0.15) is 24.0 Å². The van der Waals surface area contributed by atoms with Gasteiger partial charge in [0, 0.05) is 0 Å². The smallest absolute Gasteiger partial charge is 0.408 e. The van der Waals surface area contributed by atoms with Crippen molar-refractivity contribution in [1.29, 1.82) is 0 Å². The first kappa shape index (κ1) is 28.7. The molecular weight excluding hydrogens is 498 g/mol. The fourth-order valence-corrected chi connectivity index (χ4v) is 4.37. The van der Waals surface area contributed by atoms with Crippen LogP contribution in [0.2, 0.25) is 0 Å². The zero-order valence-electron chi connectivity index (χ0n) is 21.0.